The molecule has 2 aromatic carbocycles. The van der Waals surface area contributed by atoms with Crippen LogP contribution in [0.1, 0.15) is 39.4 Å². The van der Waals surface area contributed by atoms with Crippen LogP contribution < -0.4 is 10.6 Å². The summed E-state index contributed by atoms with van der Waals surface area (Å²) in [5, 5.41) is 6.98. The standard InChI is InChI=1S/C19H15F2N3O2S/c1-11(12-5-3-2-4-6-12)22-18(26)16-10-27-19(23-16)24-17(25)13-7-8-14(20)15(21)9-13/h2-11H,1H3,(H,22,26)(H,23,24,25)/t11-/m1/s1. The molecule has 1 heterocycles. The molecule has 3 rings (SSSR count). The summed E-state index contributed by atoms with van der Waals surface area (Å²) in [6.07, 6.45) is 0. The van der Waals surface area contributed by atoms with Gasteiger partial charge in [-0.2, -0.15) is 0 Å². The van der Waals surface area contributed by atoms with Gasteiger partial charge in [-0.3, -0.25) is 14.9 Å². The number of anilines is 1. The Morgan fingerprint density at radius 1 is 1.04 bits per heavy atom. The molecule has 8 heteroatoms. The van der Waals surface area contributed by atoms with E-state index in [0.717, 1.165) is 35.1 Å². The summed E-state index contributed by atoms with van der Waals surface area (Å²) >= 11 is 1.06. The molecular formula is C19H15F2N3O2S. The van der Waals surface area contributed by atoms with E-state index in [0.29, 0.717) is 0 Å². The van der Waals surface area contributed by atoms with E-state index in [1.165, 1.54) is 5.38 Å². The third-order valence-electron chi connectivity index (χ3n) is 3.79. The zero-order valence-corrected chi connectivity index (χ0v) is 15.0. The average molecular weight is 387 g/mol. The topological polar surface area (TPSA) is 71.1 Å². The van der Waals surface area contributed by atoms with Gasteiger partial charge in [0.15, 0.2) is 16.8 Å². The highest BCUT2D eigenvalue weighted by Crippen LogP contribution is 2.19. The van der Waals surface area contributed by atoms with Gasteiger partial charge in [-0.15, -0.1) is 11.3 Å². The van der Waals surface area contributed by atoms with E-state index < -0.39 is 17.5 Å². The number of benzene rings is 2. The summed E-state index contributed by atoms with van der Waals surface area (Å²) in [7, 11) is 0. The maximum atomic E-state index is 13.2. The van der Waals surface area contributed by atoms with Gasteiger partial charge in [0, 0.05) is 10.9 Å². The summed E-state index contributed by atoms with van der Waals surface area (Å²) in [5.41, 5.74) is 1.06. The lowest BCUT2D eigenvalue weighted by Crippen LogP contribution is -2.26. The molecule has 2 amide bonds. The molecule has 0 bridgehead atoms. The Bertz CT molecular complexity index is 976. The van der Waals surface area contributed by atoms with Crippen molar-refractivity contribution in [1.29, 1.82) is 0 Å². The normalized spacial score (nSPS) is 11.7. The number of amides is 2. The highest BCUT2D eigenvalue weighted by molar-refractivity contribution is 7.14. The molecule has 1 atom stereocenters. The van der Waals surface area contributed by atoms with Gasteiger partial charge < -0.3 is 5.32 Å². The number of hydrogen-bond donors (Lipinski definition) is 2. The molecule has 2 N–H and O–H groups in total. The summed E-state index contributed by atoms with van der Waals surface area (Å²) < 4.78 is 26.2. The SMILES string of the molecule is C[C@@H](NC(=O)c1csc(NC(=O)c2ccc(F)c(F)c2)n1)c1ccccc1. The number of nitrogens with zero attached hydrogens (tertiary/aromatic N) is 1. The molecule has 3 aromatic rings. The molecule has 0 aliphatic heterocycles. The Labute approximate surface area is 158 Å². The van der Waals surface area contributed by atoms with Crippen molar-refractivity contribution in [2.45, 2.75) is 13.0 Å². The maximum Gasteiger partial charge on any atom is 0.271 e. The number of aromatic nitrogens is 1. The monoisotopic (exact) mass is 387 g/mol. The zero-order chi connectivity index (χ0) is 19.4. The second kappa shape index (κ2) is 8.05. The molecule has 0 aliphatic rings. The van der Waals surface area contributed by atoms with Crippen LogP contribution in [0.3, 0.4) is 0 Å². The maximum absolute atomic E-state index is 13.2. The molecule has 0 unspecified atom stereocenters. The molecule has 138 valence electrons. The third kappa shape index (κ3) is 4.53. The van der Waals surface area contributed by atoms with Gasteiger partial charge in [-0.05, 0) is 30.7 Å². The van der Waals surface area contributed by atoms with Crippen LogP contribution in [0.15, 0.2) is 53.9 Å². The van der Waals surface area contributed by atoms with Gasteiger partial charge in [0.2, 0.25) is 0 Å². The number of rotatable bonds is 5. The van der Waals surface area contributed by atoms with Crippen molar-refractivity contribution in [1.82, 2.24) is 10.3 Å². The summed E-state index contributed by atoms with van der Waals surface area (Å²) in [5.74, 6) is -3.17. The number of thiazole rings is 1. The van der Waals surface area contributed by atoms with E-state index in [1.54, 1.807) is 0 Å². The number of nitrogens with one attached hydrogen (secondary N) is 2. The van der Waals surface area contributed by atoms with E-state index >= 15 is 0 Å². The molecule has 27 heavy (non-hydrogen) atoms. The molecule has 1 aromatic heterocycles. The highest BCUT2D eigenvalue weighted by atomic mass is 32.1. The van der Waals surface area contributed by atoms with Crippen LogP contribution in [0.25, 0.3) is 0 Å². The van der Waals surface area contributed by atoms with E-state index in [4.69, 9.17) is 0 Å². The van der Waals surface area contributed by atoms with Crippen LogP contribution >= 0.6 is 11.3 Å². The molecule has 0 aliphatic carbocycles. The van der Waals surface area contributed by atoms with Crippen LogP contribution in [0.4, 0.5) is 13.9 Å². The van der Waals surface area contributed by atoms with E-state index in [-0.39, 0.29) is 28.3 Å². The van der Waals surface area contributed by atoms with Crippen molar-refractivity contribution in [3.8, 4) is 0 Å². The van der Waals surface area contributed by atoms with E-state index in [2.05, 4.69) is 15.6 Å². The van der Waals surface area contributed by atoms with Crippen molar-refractivity contribution in [3.05, 3.63) is 82.4 Å². The minimum absolute atomic E-state index is 0.0483. The van der Waals surface area contributed by atoms with Crippen molar-refractivity contribution in [2.24, 2.45) is 0 Å². The molecule has 0 radical (unpaired) electrons. The molecule has 0 fully saturated rings. The zero-order valence-electron chi connectivity index (χ0n) is 14.2. The Morgan fingerprint density at radius 3 is 2.48 bits per heavy atom. The quantitative estimate of drug-likeness (QED) is 0.690. The van der Waals surface area contributed by atoms with Crippen molar-refractivity contribution < 1.29 is 18.4 Å². The predicted octanol–water partition coefficient (Wildman–Crippen LogP) is 4.16. The smallest absolute Gasteiger partial charge is 0.271 e. The van der Waals surface area contributed by atoms with Gasteiger partial charge in [0.25, 0.3) is 11.8 Å². The minimum atomic E-state index is -1.11. The van der Waals surface area contributed by atoms with E-state index in [1.807, 2.05) is 37.3 Å². The lowest BCUT2D eigenvalue weighted by atomic mass is 10.1. The van der Waals surface area contributed by atoms with Crippen LogP contribution in [0, 0.1) is 11.6 Å². The third-order valence-corrected chi connectivity index (χ3v) is 4.54. The predicted molar refractivity (Wildman–Crippen MR) is 98.7 cm³/mol. The first kappa shape index (κ1) is 18.7. The average Bonchev–Trinajstić information content (AvgIpc) is 3.13. The van der Waals surface area contributed by atoms with Crippen LogP contribution in [0.2, 0.25) is 0 Å². The first-order valence-corrected chi connectivity index (χ1v) is 8.89. The van der Waals surface area contributed by atoms with Gasteiger partial charge >= 0.3 is 0 Å². The van der Waals surface area contributed by atoms with E-state index in [9.17, 15) is 18.4 Å². The first-order valence-electron chi connectivity index (χ1n) is 8.02. The van der Waals surface area contributed by atoms with Gasteiger partial charge in [-0.1, -0.05) is 30.3 Å². The fourth-order valence-corrected chi connectivity index (χ4v) is 3.02. The second-order valence-corrected chi connectivity index (χ2v) is 6.58. The molecular weight excluding hydrogens is 372 g/mol. The summed E-state index contributed by atoms with van der Waals surface area (Å²) in [6, 6.07) is 12.1. The Morgan fingerprint density at radius 2 is 1.78 bits per heavy atom. The fraction of sp³-hybridized carbons (Fsp3) is 0.105. The Hall–Kier alpha value is -3.13. The fourth-order valence-electron chi connectivity index (χ4n) is 2.34. The Balaban J connectivity index is 1.64. The molecule has 0 spiro atoms. The second-order valence-electron chi connectivity index (χ2n) is 5.73. The first-order chi connectivity index (χ1) is 12.9. The number of carbonyl (C=O) groups is 2. The number of hydrogen-bond acceptors (Lipinski definition) is 4. The van der Waals surface area contributed by atoms with Gasteiger partial charge in [-0.25, -0.2) is 13.8 Å². The molecule has 5 nitrogen and oxygen atoms in total. The van der Waals surface area contributed by atoms with Crippen molar-refractivity contribution >= 4 is 28.3 Å². The van der Waals surface area contributed by atoms with Crippen molar-refractivity contribution in [2.75, 3.05) is 5.32 Å². The lowest BCUT2D eigenvalue weighted by molar-refractivity contribution is 0.0934. The number of carbonyl (C=O) groups excluding carboxylic acids is 2. The summed E-state index contributed by atoms with van der Waals surface area (Å²) in [6.45, 7) is 1.85. The molecule has 0 saturated carbocycles. The van der Waals surface area contributed by atoms with Gasteiger partial charge in [0.05, 0.1) is 6.04 Å². The van der Waals surface area contributed by atoms with Crippen LogP contribution in [0.5, 0.6) is 0 Å². The summed E-state index contributed by atoms with van der Waals surface area (Å²) in [4.78, 5) is 28.5. The van der Waals surface area contributed by atoms with Crippen molar-refractivity contribution in [3.63, 3.8) is 0 Å². The van der Waals surface area contributed by atoms with Crippen LogP contribution in [-0.4, -0.2) is 16.8 Å². The Kier molecular flexibility index (Phi) is 5.56. The molecule has 0 saturated heterocycles. The number of halogens is 2. The highest BCUT2D eigenvalue weighted by Gasteiger charge is 2.16. The minimum Gasteiger partial charge on any atom is -0.344 e. The largest absolute Gasteiger partial charge is 0.344 e. The lowest BCUT2D eigenvalue weighted by Gasteiger charge is -2.13. The van der Waals surface area contributed by atoms with Crippen LogP contribution in [-0.2, 0) is 0 Å². The van der Waals surface area contributed by atoms with Gasteiger partial charge in [0.1, 0.15) is 5.69 Å².